The van der Waals surface area contributed by atoms with Gasteiger partial charge < -0.3 is 25.8 Å². The second-order valence-corrected chi connectivity index (χ2v) is 8.04. The lowest BCUT2D eigenvalue weighted by molar-refractivity contribution is -0.0518. The first-order chi connectivity index (χ1) is 13.2. The lowest BCUT2D eigenvalue weighted by Crippen LogP contribution is -2.33. The molecule has 11 nitrogen and oxygen atoms in total. The molecule has 1 fully saturated rings. The Hall–Kier alpha value is -2.51. The van der Waals surface area contributed by atoms with E-state index in [1.54, 1.807) is 19.1 Å². The summed E-state index contributed by atoms with van der Waals surface area (Å²) in [5, 5.41) is 29.0. The Morgan fingerprint density at radius 1 is 1.29 bits per heavy atom. The molecule has 2 aromatic rings. The molecule has 1 aliphatic rings. The van der Waals surface area contributed by atoms with Crippen LogP contribution in [0.1, 0.15) is 22.3 Å². The van der Waals surface area contributed by atoms with Crippen molar-refractivity contribution in [3.63, 3.8) is 0 Å². The molecule has 0 radical (unpaired) electrons. The van der Waals surface area contributed by atoms with Crippen LogP contribution in [0.25, 0.3) is 0 Å². The Morgan fingerprint density at radius 2 is 1.93 bits per heavy atom. The van der Waals surface area contributed by atoms with E-state index in [2.05, 4.69) is 4.98 Å². The molecule has 2 heterocycles. The fourth-order valence-electron chi connectivity index (χ4n) is 2.80. The Labute approximate surface area is 160 Å². The molecule has 1 aliphatic heterocycles. The molecule has 3 rings (SSSR count). The van der Waals surface area contributed by atoms with Crippen LogP contribution in [0.15, 0.2) is 35.5 Å². The smallest absolute Gasteiger partial charge is 0.287 e. The second kappa shape index (κ2) is 7.48. The maximum absolute atomic E-state index is 12.4. The summed E-state index contributed by atoms with van der Waals surface area (Å²) in [4.78, 5) is 16.1. The maximum Gasteiger partial charge on any atom is 0.287 e. The summed E-state index contributed by atoms with van der Waals surface area (Å²) in [7, 11) is -4.14. The molecule has 1 aromatic carbocycles. The molecular formula is C16H20N4O7S. The van der Waals surface area contributed by atoms with Crippen LogP contribution in [0.3, 0.4) is 0 Å². The highest BCUT2D eigenvalue weighted by Crippen LogP contribution is 2.31. The average Bonchev–Trinajstić information content (AvgIpc) is 3.15. The molecule has 12 heteroatoms. The summed E-state index contributed by atoms with van der Waals surface area (Å²) >= 11 is 0. The predicted octanol–water partition coefficient (Wildman–Crippen LogP) is -1.50. The van der Waals surface area contributed by atoms with Gasteiger partial charge in [-0.05, 0) is 19.1 Å². The predicted molar refractivity (Wildman–Crippen MR) is 95.5 cm³/mol. The minimum absolute atomic E-state index is 0.104. The molecule has 0 saturated carbocycles. The number of carbonyl (C=O) groups excluding carboxylic acids is 1. The molecule has 152 valence electrons. The molecule has 1 aromatic heterocycles. The first-order valence-electron chi connectivity index (χ1n) is 8.24. The van der Waals surface area contributed by atoms with Crippen LogP contribution >= 0.6 is 0 Å². The van der Waals surface area contributed by atoms with E-state index in [0.717, 1.165) is 16.5 Å². The number of ether oxygens (including phenoxy) is 1. The largest absolute Gasteiger partial charge is 0.394 e. The first kappa shape index (κ1) is 20.2. The van der Waals surface area contributed by atoms with Crippen molar-refractivity contribution in [2.24, 2.45) is 0 Å². The van der Waals surface area contributed by atoms with Crippen molar-refractivity contribution in [1.82, 2.24) is 14.3 Å². The van der Waals surface area contributed by atoms with Gasteiger partial charge >= 0.3 is 0 Å². The van der Waals surface area contributed by atoms with E-state index in [-0.39, 0.29) is 10.7 Å². The van der Waals surface area contributed by atoms with E-state index in [1.807, 2.05) is 4.72 Å². The third kappa shape index (κ3) is 3.59. The van der Waals surface area contributed by atoms with Crippen molar-refractivity contribution in [2.45, 2.75) is 36.4 Å². The van der Waals surface area contributed by atoms with Crippen LogP contribution in [0.2, 0.25) is 0 Å². The van der Waals surface area contributed by atoms with Crippen LogP contribution < -0.4 is 10.5 Å². The monoisotopic (exact) mass is 412 g/mol. The summed E-state index contributed by atoms with van der Waals surface area (Å²) < 4.78 is 33.0. The molecule has 1 saturated heterocycles. The minimum Gasteiger partial charge on any atom is -0.394 e. The molecule has 28 heavy (non-hydrogen) atoms. The van der Waals surface area contributed by atoms with Crippen LogP contribution in [0.5, 0.6) is 0 Å². The van der Waals surface area contributed by atoms with E-state index < -0.39 is 52.8 Å². The maximum atomic E-state index is 12.4. The lowest BCUT2D eigenvalue weighted by Gasteiger charge is -2.17. The number of aromatic nitrogens is 2. The number of amides is 1. The zero-order chi connectivity index (χ0) is 20.6. The number of aliphatic hydroxyl groups excluding tert-OH is 3. The van der Waals surface area contributed by atoms with Crippen LogP contribution in [0, 0.1) is 6.92 Å². The SMILES string of the molecule is Cc1ccc(S(=O)(=O)NC(=O)c2ncn([C@@H]3O[C@@H](CO)[C@@H](O)[C@@H]3O)c2N)cc1. The van der Waals surface area contributed by atoms with Crippen LogP contribution in [-0.2, 0) is 14.8 Å². The van der Waals surface area contributed by atoms with Crippen molar-refractivity contribution in [3.8, 4) is 0 Å². The van der Waals surface area contributed by atoms with Gasteiger partial charge in [0.05, 0.1) is 17.8 Å². The fourth-order valence-corrected chi connectivity index (χ4v) is 3.76. The number of nitrogens with two attached hydrogens (primary N) is 1. The summed E-state index contributed by atoms with van der Waals surface area (Å²) in [5.74, 6) is -1.34. The fraction of sp³-hybridized carbons (Fsp3) is 0.375. The molecule has 4 atom stereocenters. The Morgan fingerprint density at radius 3 is 2.50 bits per heavy atom. The molecule has 1 amide bonds. The van der Waals surface area contributed by atoms with E-state index in [9.17, 15) is 23.4 Å². The Kier molecular flexibility index (Phi) is 5.41. The number of aryl methyl sites for hydroxylation is 1. The number of hydrogen-bond acceptors (Lipinski definition) is 9. The van der Waals surface area contributed by atoms with E-state index in [1.165, 1.54) is 12.1 Å². The van der Waals surface area contributed by atoms with Gasteiger partial charge in [-0.2, -0.15) is 0 Å². The number of aliphatic hydroxyl groups is 3. The average molecular weight is 412 g/mol. The summed E-state index contributed by atoms with van der Waals surface area (Å²) in [6, 6.07) is 5.88. The van der Waals surface area contributed by atoms with Crippen molar-refractivity contribution >= 4 is 21.7 Å². The van der Waals surface area contributed by atoms with Gasteiger partial charge in [-0.3, -0.25) is 9.36 Å². The van der Waals surface area contributed by atoms with Gasteiger partial charge in [-0.1, -0.05) is 17.7 Å². The van der Waals surface area contributed by atoms with Gasteiger partial charge in [-0.25, -0.2) is 18.1 Å². The summed E-state index contributed by atoms with van der Waals surface area (Å²) in [5.41, 5.74) is 6.32. The number of imidazole rings is 1. The van der Waals surface area contributed by atoms with Crippen LogP contribution in [0.4, 0.5) is 5.82 Å². The summed E-state index contributed by atoms with van der Waals surface area (Å²) in [6.07, 6.45) is -3.96. The number of nitrogens with zero attached hydrogens (tertiary/aromatic N) is 2. The number of sulfonamides is 1. The van der Waals surface area contributed by atoms with Gasteiger partial charge in [0.2, 0.25) is 0 Å². The van der Waals surface area contributed by atoms with E-state index >= 15 is 0 Å². The van der Waals surface area contributed by atoms with Gasteiger partial charge in [-0.15, -0.1) is 0 Å². The zero-order valence-corrected chi connectivity index (χ0v) is 15.6. The molecule has 0 bridgehead atoms. The highest BCUT2D eigenvalue weighted by molar-refractivity contribution is 7.90. The van der Waals surface area contributed by atoms with Crippen molar-refractivity contribution < 1.29 is 33.3 Å². The van der Waals surface area contributed by atoms with Gasteiger partial charge in [0.1, 0.15) is 24.1 Å². The number of anilines is 1. The van der Waals surface area contributed by atoms with Gasteiger partial charge in [0.15, 0.2) is 11.9 Å². The molecular weight excluding hydrogens is 392 g/mol. The summed E-state index contributed by atoms with van der Waals surface area (Å²) in [6.45, 7) is 1.26. The highest BCUT2D eigenvalue weighted by Gasteiger charge is 2.44. The molecule has 0 unspecified atom stereocenters. The lowest BCUT2D eigenvalue weighted by atomic mass is 10.1. The van der Waals surface area contributed by atoms with Crippen molar-refractivity contribution in [1.29, 1.82) is 0 Å². The number of rotatable bonds is 5. The van der Waals surface area contributed by atoms with E-state index in [4.69, 9.17) is 15.6 Å². The van der Waals surface area contributed by atoms with Crippen LogP contribution in [-0.4, -0.2) is 64.1 Å². The standard InChI is InChI=1S/C16H20N4O7S/c1-8-2-4-9(5-3-8)28(25,26)19-15(24)11-14(17)20(7-18-11)16-13(23)12(22)10(6-21)27-16/h2-5,7,10,12-13,16,21-23H,6,17H2,1H3,(H,19,24)/t10-,12+,13-,16+/m0/s1. The Bertz CT molecular complexity index is 973. The molecule has 0 spiro atoms. The number of benzene rings is 1. The number of hydrogen-bond donors (Lipinski definition) is 5. The topological polar surface area (TPSA) is 177 Å². The zero-order valence-electron chi connectivity index (χ0n) is 14.8. The number of nitrogens with one attached hydrogen (secondary N) is 1. The third-order valence-electron chi connectivity index (χ3n) is 4.40. The number of carbonyl (C=O) groups is 1. The molecule has 0 aliphatic carbocycles. The normalized spacial score (nSPS) is 25.0. The first-order valence-corrected chi connectivity index (χ1v) is 9.72. The van der Waals surface area contributed by atoms with E-state index in [0.29, 0.717) is 0 Å². The van der Waals surface area contributed by atoms with Crippen molar-refractivity contribution in [3.05, 3.63) is 41.9 Å². The minimum atomic E-state index is -4.14. The van der Waals surface area contributed by atoms with Gasteiger partial charge in [0, 0.05) is 0 Å². The highest BCUT2D eigenvalue weighted by atomic mass is 32.2. The van der Waals surface area contributed by atoms with Gasteiger partial charge in [0.25, 0.3) is 15.9 Å². The third-order valence-corrected chi connectivity index (χ3v) is 5.74. The van der Waals surface area contributed by atoms with Crippen molar-refractivity contribution in [2.75, 3.05) is 12.3 Å². The quantitative estimate of drug-likeness (QED) is 0.391. The molecule has 6 N–H and O–H groups in total. The Balaban J connectivity index is 1.82. The second-order valence-electron chi connectivity index (χ2n) is 6.36. The number of nitrogen functional groups attached to an aromatic ring is 1.